The second-order valence-corrected chi connectivity index (χ2v) is 8.49. The molecule has 0 saturated carbocycles. The monoisotopic (exact) mass is 417 g/mol. The van der Waals surface area contributed by atoms with Gasteiger partial charge < -0.3 is 9.64 Å². The van der Waals surface area contributed by atoms with E-state index in [0.717, 1.165) is 35.3 Å². The first-order chi connectivity index (χ1) is 14.2. The molecule has 2 aliphatic rings. The second-order valence-electron chi connectivity index (χ2n) is 7.40. The number of thiophene rings is 1. The van der Waals surface area contributed by atoms with Crippen molar-refractivity contribution in [3.8, 4) is 11.5 Å². The number of hydrogen-bond acceptors (Lipinski definition) is 7. The van der Waals surface area contributed by atoms with Crippen LogP contribution in [0.15, 0.2) is 18.6 Å². The zero-order valence-electron chi connectivity index (χ0n) is 15.9. The van der Waals surface area contributed by atoms with E-state index in [1.807, 2.05) is 4.90 Å². The smallest absolute Gasteiger partial charge is 0.240 e. The van der Waals surface area contributed by atoms with Crippen molar-refractivity contribution in [3.63, 3.8) is 0 Å². The third-order valence-electron chi connectivity index (χ3n) is 5.54. The maximum Gasteiger partial charge on any atom is 0.240 e. The number of halogens is 2. The van der Waals surface area contributed by atoms with Gasteiger partial charge in [-0.25, -0.2) is 23.7 Å². The highest BCUT2D eigenvalue weighted by Crippen LogP contribution is 2.41. The van der Waals surface area contributed by atoms with Crippen molar-refractivity contribution in [1.82, 2.24) is 19.9 Å². The molecule has 1 fully saturated rings. The van der Waals surface area contributed by atoms with Gasteiger partial charge in [-0.05, 0) is 31.2 Å². The molecule has 152 valence electrons. The van der Waals surface area contributed by atoms with Gasteiger partial charge in [0.1, 0.15) is 16.3 Å². The Morgan fingerprint density at radius 3 is 2.93 bits per heavy atom. The summed E-state index contributed by atoms with van der Waals surface area (Å²) in [5.41, 5.74) is 1.87. The van der Waals surface area contributed by atoms with E-state index in [0.29, 0.717) is 24.7 Å². The van der Waals surface area contributed by atoms with Gasteiger partial charge in [0.25, 0.3) is 0 Å². The Bertz CT molecular complexity index is 1010. The lowest BCUT2D eigenvalue weighted by Crippen LogP contribution is -2.47. The van der Waals surface area contributed by atoms with Crippen molar-refractivity contribution in [2.75, 3.05) is 24.7 Å². The van der Waals surface area contributed by atoms with Gasteiger partial charge in [0.2, 0.25) is 6.43 Å². The minimum Gasteiger partial charge on any atom is -0.377 e. The first-order valence-electron chi connectivity index (χ1n) is 9.92. The number of anilines is 1. The van der Waals surface area contributed by atoms with Crippen LogP contribution in [0.3, 0.4) is 0 Å². The molecule has 6 nitrogen and oxygen atoms in total. The number of rotatable bonds is 4. The van der Waals surface area contributed by atoms with Crippen LogP contribution in [0.25, 0.3) is 21.7 Å². The van der Waals surface area contributed by atoms with Crippen LogP contribution in [0.2, 0.25) is 0 Å². The van der Waals surface area contributed by atoms with Crippen molar-refractivity contribution in [2.24, 2.45) is 0 Å². The summed E-state index contributed by atoms with van der Waals surface area (Å²) in [7, 11) is 0. The van der Waals surface area contributed by atoms with Crippen LogP contribution in [0.5, 0.6) is 0 Å². The molecule has 0 amide bonds. The van der Waals surface area contributed by atoms with Gasteiger partial charge in [-0.1, -0.05) is 0 Å². The summed E-state index contributed by atoms with van der Waals surface area (Å²) in [5, 5.41) is 1.03. The quantitative estimate of drug-likeness (QED) is 0.642. The predicted molar refractivity (Wildman–Crippen MR) is 108 cm³/mol. The van der Waals surface area contributed by atoms with E-state index in [-0.39, 0.29) is 13.0 Å². The van der Waals surface area contributed by atoms with E-state index >= 15 is 0 Å². The Balaban J connectivity index is 1.69. The van der Waals surface area contributed by atoms with Gasteiger partial charge in [-0.3, -0.25) is 4.98 Å². The number of hydrogen-bond donors (Lipinski definition) is 0. The van der Waals surface area contributed by atoms with Crippen molar-refractivity contribution >= 4 is 27.4 Å². The van der Waals surface area contributed by atoms with Gasteiger partial charge in [-0.15, -0.1) is 11.3 Å². The van der Waals surface area contributed by atoms with Crippen molar-refractivity contribution < 1.29 is 13.5 Å². The van der Waals surface area contributed by atoms with Crippen LogP contribution in [-0.2, 0) is 17.6 Å². The lowest BCUT2D eigenvalue weighted by molar-refractivity contribution is 0.0582. The van der Waals surface area contributed by atoms with Gasteiger partial charge in [0.15, 0.2) is 5.82 Å². The SMILES string of the molecule is FC(F)C[C@H]1COCCN1c1nc(-c2cnccn2)nc2sc3c(c12)CCCC3. The first-order valence-corrected chi connectivity index (χ1v) is 10.7. The van der Waals surface area contributed by atoms with Crippen LogP contribution in [0, 0.1) is 0 Å². The fraction of sp³-hybridized carbons (Fsp3) is 0.500. The second kappa shape index (κ2) is 7.87. The van der Waals surface area contributed by atoms with Crippen molar-refractivity contribution in [2.45, 2.75) is 44.6 Å². The molecule has 9 heteroatoms. The Morgan fingerprint density at radius 2 is 2.10 bits per heavy atom. The van der Waals surface area contributed by atoms with E-state index in [4.69, 9.17) is 14.7 Å². The number of nitrogens with zero attached hydrogens (tertiary/aromatic N) is 5. The maximum atomic E-state index is 13.2. The third-order valence-corrected chi connectivity index (χ3v) is 6.72. The van der Waals surface area contributed by atoms with E-state index < -0.39 is 12.5 Å². The normalized spacial score (nSPS) is 19.7. The van der Waals surface area contributed by atoms with Crippen molar-refractivity contribution in [3.05, 3.63) is 29.0 Å². The Labute approximate surface area is 171 Å². The molecule has 1 atom stereocenters. The lowest BCUT2D eigenvalue weighted by atomic mass is 9.96. The molecule has 3 aromatic rings. The van der Waals surface area contributed by atoms with Gasteiger partial charge >= 0.3 is 0 Å². The summed E-state index contributed by atoms with van der Waals surface area (Å²) >= 11 is 1.70. The van der Waals surface area contributed by atoms with Crippen molar-refractivity contribution in [1.29, 1.82) is 0 Å². The molecule has 0 N–H and O–H groups in total. The largest absolute Gasteiger partial charge is 0.377 e. The molecule has 1 aliphatic carbocycles. The number of aromatic nitrogens is 4. The van der Waals surface area contributed by atoms with Crippen LogP contribution in [0.4, 0.5) is 14.6 Å². The standard InChI is InChI=1S/C20H21F2N5OS/c21-16(22)9-12-11-28-8-7-27(12)19-17-13-3-1-2-4-15(13)29-20(17)26-18(25-19)14-10-23-5-6-24-14/h5-6,10,12,16H,1-4,7-9,11H2/t12-/m0/s1. The first kappa shape index (κ1) is 18.7. The van der Waals surface area contributed by atoms with Crippen LogP contribution >= 0.6 is 11.3 Å². The Morgan fingerprint density at radius 1 is 1.21 bits per heavy atom. The molecular weight excluding hydrogens is 396 g/mol. The van der Waals surface area contributed by atoms with Gasteiger partial charge in [0.05, 0.1) is 30.8 Å². The summed E-state index contributed by atoms with van der Waals surface area (Å²) < 4.78 is 32.0. The van der Waals surface area contributed by atoms with E-state index in [1.165, 1.54) is 16.9 Å². The number of alkyl halides is 2. The molecule has 29 heavy (non-hydrogen) atoms. The van der Waals surface area contributed by atoms with Crippen LogP contribution in [-0.4, -0.2) is 52.2 Å². The molecular formula is C20H21F2N5OS. The molecule has 0 unspecified atom stereocenters. The molecule has 4 heterocycles. The Kier molecular flexibility index (Phi) is 5.09. The summed E-state index contributed by atoms with van der Waals surface area (Å²) in [5.74, 6) is 1.23. The van der Waals surface area contributed by atoms with Gasteiger partial charge in [-0.2, -0.15) is 0 Å². The fourth-order valence-electron chi connectivity index (χ4n) is 4.21. The van der Waals surface area contributed by atoms with Crippen LogP contribution < -0.4 is 4.90 Å². The average molecular weight is 417 g/mol. The minimum absolute atomic E-state index is 0.238. The minimum atomic E-state index is -2.39. The van der Waals surface area contributed by atoms with E-state index in [2.05, 4.69) is 9.97 Å². The molecule has 0 bridgehead atoms. The summed E-state index contributed by atoms with van der Waals surface area (Å²) in [4.78, 5) is 22.4. The topological polar surface area (TPSA) is 64.0 Å². The average Bonchev–Trinajstić information content (AvgIpc) is 3.12. The summed E-state index contributed by atoms with van der Waals surface area (Å²) in [6, 6.07) is -0.407. The zero-order chi connectivity index (χ0) is 19.8. The molecule has 5 rings (SSSR count). The highest BCUT2D eigenvalue weighted by atomic mass is 32.1. The lowest BCUT2D eigenvalue weighted by Gasteiger charge is -2.37. The van der Waals surface area contributed by atoms with E-state index in [1.54, 1.807) is 29.9 Å². The molecule has 0 spiro atoms. The fourth-order valence-corrected chi connectivity index (χ4v) is 5.47. The maximum absolute atomic E-state index is 13.2. The molecule has 1 aliphatic heterocycles. The van der Waals surface area contributed by atoms with Gasteiger partial charge in [0, 0.05) is 30.2 Å². The number of ether oxygens (including phenoxy) is 1. The molecule has 3 aromatic heterocycles. The highest BCUT2D eigenvalue weighted by Gasteiger charge is 2.31. The zero-order valence-corrected chi connectivity index (χ0v) is 16.7. The highest BCUT2D eigenvalue weighted by molar-refractivity contribution is 7.19. The third kappa shape index (κ3) is 3.57. The van der Waals surface area contributed by atoms with E-state index in [9.17, 15) is 8.78 Å². The molecule has 1 saturated heterocycles. The molecule has 0 aromatic carbocycles. The van der Waals surface area contributed by atoms with Crippen LogP contribution in [0.1, 0.15) is 29.7 Å². The molecule has 0 radical (unpaired) electrons. The summed E-state index contributed by atoms with van der Waals surface area (Å²) in [6.07, 6.45) is 6.55. The number of aryl methyl sites for hydroxylation is 2. The Hall–Kier alpha value is -2.26. The predicted octanol–water partition coefficient (Wildman–Crippen LogP) is 3.89. The number of morpholine rings is 1. The summed E-state index contributed by atoms with van der Waals surface area (Å²) in [6.45, 7) is 1.31. The number of fused-ring (bicyclic) bond motifs is 3.